The summed E-state index contributed by atoms with van der Waals surface area (Å²) in [5, 5.41) is 0. The Morgan fingerprint density at radius 1 is 0.963 bits per heavy atom. The molecule has 3 aromatic carbocycles. The summed E-state index contributed by atoms with van der Waals surface area (Å²) in [5.74, 6) is 0.592. The Balaban J connectivity index is 1.59. The van der Waals surface area contributed by atoms with E-state index in [2.05, 4.69) is 9.71 Å². The standard InChI is InChI=1S/C21H18N2O3S/c1-15-7-10-18(11-8-15)27(24,25)23-17-9-12-20-19(14-17)22-21(26-20)13-16-5-3-2-4-6-16/h2-12,14,23H,13H2,1H3. The van der Waals surface area contributed by atoms with Crippen molar-refractivity contribution in [3.8, 4) is 0 Å². The normalized spacial score (nSPS) is 11.6. The predicted octanol–water partition coefficient (Wildman–Crippen LogP) is 4.53. The average Bonchev–Trinajstić information content (AvgIpc) is 3.04. The molecule has 1 heterocycles. The summed E-state index contributed by atoms with van der Waals surface area (Å²) in [6.45, 7) is 1.91. The lowest BCUT2D eigenvalue weighted by Gasteiger charge is -2.08. The van der Waals surface area contributed by atoms with E-state index in [1.807, 2.05) is 37.3 Å². The second-order valence-corrected chi connectivity index (χ2v) is 8.05. The second kappa shape index (κ2) is 6.89. The van der Waals surface area contributed by atoms with Gasteiger partial charge in [-0.05, 0) is 42.8 Å². The Bertz CT molecular complexity index is 1180. The van der Waals surface area contributed by atoms with Crippen LogP contribution in [0.3, 0.4) is 0 Å². The summed E-state index contributed by atoms with van der Waals surface area (Å²) in [4.78, 5) is 4.70. The molecule has 0 amide bonds. The maximum absolute atomic E-state index is 12.5. The van der Waals surface area contributed by atoms with E-state index < -0.39 is 10.0 Å². The molecular weight excluding hydrogens is 360 g/mol. The zero-order valence-electron chi connectivity index (χ0n) is 14.7. The van der Waals surface area contributed by atoms with Crippen LogP contribution in [0, 0.1) is 6.92 Å². The highest BCUT2D eigenvalue weighted by atomic mass is 32.2. The Morgan fingerprint density at radius 2 is 1.70 bits per heavy atom. The Labute approximate surface area is 157 Å². The van der Waals surface area contributed by atoms with Gasteiger partial charge in [-0.15, -0.1) is 0 Å². The molecule has 0 aliphatic carbocycles. The molecule has 6 heteroatoms. The molecule has 136 valence electrons. The van der Waals surface area contributed by atoms with Crippen LogP contribution in [0.4, 0.5) is 5.69 Å². The molecule has 0 saturated heterocycles. The molecule has 1 N–H and O–H groups in total. The fourth-order valence-electron chi connectivity index (χ4n) is 2.82. The van der Waals surface area contributed by atoms with Gasteiger partial charge in [0.25, 0.3) is 10.0 Å². The number of fused-ring (bicyclic) bond motifs is 1. The third-order valence-corrected chi connectivity index (χ3v) is 5.61. The van der Waals surface area contributed by atoms with Gasteiger partial charge in [-0.3, -0.25) is 4.72 Å². The summed E-state index contributed by atoms with van der Waals surface area (Å²) >= 11 is 0. The fourth-order valence-corrected chi connectivity index (χ4v) is 3.87. The molecular formula is C21H18N2O3S. The van der Waals surface area contributed by atoms with Gasteiger partial charge in [0.1, 0.15) is 5.52 Å². The summed E-state index contributed by atoms with van der Waals surface area (Å²) in [6, 6.07) is 21.7. The first-order chi connectivity index (χ1) is 13.0. The van der Waals surface area contributed by atoms with Crippen molar-refractivity contribution in [2.75, 3.05) is 4.72 Å². The first kappa shape index (κ1) is 17.3. The summed E-state index contributed by atoms with van der Waals surface area (Å²) in [5.41, 5.74) is 3.79. The van der Waals surface area contributed by atoms with Crippen LogP contribution in [0.1, 0.15) is 17.0 Å². The minimum absolute atomic E-state index is 0.220. The molecule has 4 aromatic rings. The van der Waals surface area contributed by atoms with E-state index in [1.165, 1.54) is 0 Å². The smallest absolute Gasteiger partial charge is 0.261 e. The van der Waals surface area contributed by atoms with Crippen molar-refractivity contribution in [2.45, 2.75) is 18.2 Å². The SMILES string of the molecule is Cc1ccc(S(=O)(=O)Nc2ccc3oc(Cc4ccccc4)nc3c2)cc1. The molecule has 1 aromatic heterocycles. The fraction of sp³-hybridized carbons (Fsp3) is 0.0952. The number of nitrogens with zero attached hydrogens (tertiary/aromatic N) is 1. The summed E-state index contributed by atoms with van der Waals surface area (Å²) in [6.07, 6.45) is 0.583. The Kier molecular flexibility index (Phi) is 4.41. The van der Waals surface area contributed by atoms with Gasteiger partial charge < -0.3 is 4.42 Å². The first-order valence-corrected chi connectivity index (χ1v) is 10.0. The quantitative estimate of drug-likeness (QED) is 0.554. The highest BCUT2D eigenvalue weighted by Gasteiger charge is 2.15. The lowest BCUT2D eigenvalue weighted by atomic mass is 10.1. The predicted molar refractivity (Wildman–Crippen MR) is 105 cm³/mol. The van der Waals surface area contributed by atoms with Crippen LogP contribution in [0.2, 0.25) is 0 Å². The van der Waals surface area contributed by atoms with E-state index in [9.17, 15) is 8.42 Å². The number of anilines is 1. The van der Waals surface area contributed by atoms with Crippen LogP contribution < -0.4 is 4.72 Å². The molecule has 27 heavy (non-hydrogen) atoms. The van der Waals surface area contributed by atoms with Crippen LogP contribution in [-0.2, 0) is 16.4 Å². The van der Waals surface area contributed by atoms with Crippen molar-refractivity contribution in [3.63, 3.8) is 0 Å². The third-order valence-electron chi connectivity index (χ3n) is 4.21. The van der Waals surface area contributed by atoms with Crippen molar-refractivity contribution in [1.29, 1.82) is 0 Å². The number of aromatic nitrogens is 1. The minimum atomic E-state index is -3.65. The van der Waals surface area contributed by atoms with E-state index in [4.69, 9.17) is 4.42 Å². The van der Waals surface area contributed by atoms with Crippen molar-refractivity contribution in [3.05, 3.63) is 89.8 Å². The van der Waals surface area contributed by atoms with Gasteiger partial charge in [0.15, 0.2) is 11.5 Å². The number of rotatable bonds is 5. The Hall–Kier alpha value is -3.12. The number of hydrogen-bond donors (Lipinski definition) is 1. The second-order valence-electron chi connectivity index (χ2n) is 6.37. The van der Waals surface area contributed by atoms with E-state index in [0.717, 1.165) is 11.1 Å². The molecule has 0 bridgehead atoms. The van der Waals surface area contributed by atoms with E-state index in [0.29, 0.717) is 29.1 Å². The minimum Gasteiger partial charge on any atom is -0.440 e. The number of nitrogens with one attached hydrogen (secondary N) is 1. The zero-order valence-corrected chi connectivity index (χ0v) is 15.5. The third kappa shape index (κ3) is 3.85. The maximum Gasteiger partial charge on any atom is 0.261 e. The Morgan fingerprint density at radius 3 is 2.44 bits per heavy atom. The number of aryl methyl sites for hydroxylation is 1. The van der Waals surface area contributed by atoms with Gasteiger partial charge in [0.05, 0.1) is 10.6 Å². The van der Waals surface area contributed by atoms with E-state index in [-0.39, 0.29) is 4.90 Å². The first-order valence-electron chi connectivity index (χ1n) is 8.52. The van der Waals surface area contributed by atoms with Crippen molar-refractivity contribution in [2.24, 2.45) is 0 Å². The topological polar surface area (TPSA) is 72.2 Å². The van der Waals surface area contributed by atoms with Crippen molar-refractivity contribution >= 4 is 26.8 Å². The maximum atomic E-state index is 12.5. The van der Waals surface area contributed by atoms with Crippen molar-refractivity contribution < 1.29 is 12.8 Å². The molecule has 0 fully saturated rings. The van der Waals surface area contributed by atoms with Gasteiger partial charge >= 0.3 is 0 Å². The molecule has 5 nitrogen and oxygen atoms in total. The van der Waals surface area contributed by atoms with Gasteiger partial charge in [0.2, 0.25) is 0 Å². The van der Waals surface area contributed by atoms with Gasteiger partial charge in [-0.1, -0.05) is 48.0 Å². The van der Waals surface area contributed by atoms with E-state index >= 15 is 0 Å². The highest BCUT2D eigenvalue weighted by Crippen LogP contribution is 2.23. The number of sulfonamides is 1. The van der Waals surface area contributed by atoms with Crippen LogP contribution in [-0.4, -0.2) is 13.4 Å². The van der Waals surface area contributed by atoms with Crippen LogP contribution in [0.25, 0.3) is 11.1 Å². The van der Waals surface area contributed by atoms with E-state index in [1.54, 1.807) is 42.5 Å². The molecule has 4 rings (SSSR count). The van der Waals surface area contributed by atoms with Crippen LogP contribution in [0.15, 0.2) is 82.1 Å². The van der Waals surface area contributed by atoms with Crippen LogP contribution in [0.5, 0.6) is 0 Å². The molecule has 0 atom stereocenters. The summed E-state index contributed by atoms with van der Waals surface area (Å²) in [7, 11) is -3.65. The van der Waals surface area contributed by atoms with Crippen molar-refractivity contribution in [1.82, 2.24) is 4.98 Å². The molecule has 0 radical (unpaired) electrons. The molecule has 0 saturated carbocycles. The number of hydrogen-bond acceptors (Lipinski definition) is 4. The summed E-state index contributed by atoms with van der Waals surface area (Å²) < 4.78 is 33.4. The zero-order chi connectivity index (χ0) is 18.9. The largest absolute Gasteiger partial charge is 0.440 e. The monoisotopic (exact) mass is 378 g/mol. The lowest BCUT2D eigenvalue weighted by molar-refractivity contribution is 0.544. The van der Waals surface area contributed by atoms with Crippen LogP contribution >= 0.6 is 0 Å². The van der Waals surface area contributed by atoms with Gasteiger partial charge in [-0.25, -0.2) is 13.4 Å². The molecule has 0 aliphatic rings. The number of oxazole rings is 1. The average molecular weight is 378 g/mol. The van der Waals surface area contributed by atoms with Gasteiger partial charge in [0, 0.05) is 6.42 Å². The molecule has 0 spiro atoms. The highest BCUT2D eigenvalue weighted by molar-refractivity contribution is 7.92. The number of benzene rings is 3. The molecule has 0 unspecified atom stereocenters. The molecule has 0 aliphatic heterocycles. The lowest BCUT2D eigenvalue weighted by Crippen LogP contribution is -2.12. The van der Waals surface area contributed by atoms with Gasteiger partial charge in [-0.2, -0.15) is 0 Å².